The number of nitrogens with two attached hydrogens (primary N) is 1. The normalized spacial score (nSPS) is 21.9. The van der Waals surface area contributed by atoms with E-state index in [1.807, 2.05) is 41.3 Å². The highest BCUT2D eigenvalue weighted by Gasteiger charge is 2.38. The van der Waals surface area contributed by atoms with Gasteiger partial charge >= 0.3 is 0 Å². The number of carbonyl (C=O) groups is 2. The predicted octanol–water partition coefficient (Wildman–Crippen LogP) is 3.47. The van der Waals surface area contributed by atoms with Crippen LogP contribution in [0.3, 0.4) is 0 Å². The second-order valence-corrected chi connectivity index (χ2v) is 8.72. The zero-order valence-corrected chi connectivity index (χ0v) is 18.1. The van der Waals surface area contributed by atoms with Crippen LogP contribution < -0.4 is 20.7 Å². The van der Waals surface area contributed by atoms with E-state index in [-0.39, 0.29) is 5.78 Å². The molecule has 2 aliphatic carbocycles. The molecule has 31 heavy (non-hydrogen) atoms. The van der Waals surface area contributed by atoms with E-state index in [9.17, 15) is 9.59 Å². The summed E-state index contributed by atoms with van der Waals surface area (Å²) in [5.41, 5.74) is 7.89. The van der Waals surface area contributed by atoms with Gasteiger partial charge in [-0.15, -0.1) is 0 Å². The number of primary amides is 1. The van der Waals surface area contributed by atoms with E-state index in [0.29, 0.717) is 37.6 Å². The molecule has 1 saturated carbocycles. The zero-order valence-electron chi connectivity index (χ0n) is 18.1. The molecule has 1 atom stereocenters. The summed E-state index contributed by atoms with van der Waals surface area (Å²) in [5, 5.41) is 3.64. The average Bonchev–Trinajstić information content (AvgIpc) is 3.07. The van der Waals surface area contributed by atoms with Crippen molar-refractivity contribution in [2.45, 2.75) is 57.4 Å². The van der Waals surface area contributed by atoms with Gasteiger partial charge in [0.1, 0.15) is 5.75 Å². The maximum Gasteiger partial charge on any atom is 0.226 e. The second-order valence-electron chi connectivity index (χ2n) is 8.72. The number of Topliss-reactive ketones (excluding diaryl/α,β-unsaturated/α-hetero) is 1. The molecule has 6 heteroatoms. The van der Waals surface area contributed by atoms with Gasteiger partial charge in [-0.3, -0.25) is 9.59 Å². The molecule has 1 aromatic rings. The molecule has 3 aliphatic rings. The highest BCUT2D eigenvalue weighted by Crippen LogP contribution is 2.37. The molecular formula is C25H33N3O3. The summed E-state index contributed by atoms with van der Waals surface area (Å²) in [6, 6.07) is 8.53. The van der Waals surface area contributed by atoms with Crippen molar-refractivity contribution in [2.75, 3.05) is 24.6 Å². The first-order chi connectivity index (χ1) is 15.1. The van der Waals surface area contributed by atoms with Crippen molar-refractivity contribution in [1.29, 1.82) is 0 Å². The first kappa shape index (κ1) is 21.6. The maximum absolute atomic E-state index is 12.6. The van der Waals surface area contributed by atoms with Gasteiger partial charge in [-0.2, -0.15) is 0 Å². The van der Waals surface area contributed by atoms with Gasteiger partial charge in [0.25, 0.3) is 0 Å². The van der Waals surface area contributed by atoms with E-state index >= 15 is 0 Å². The van der Waals surface area contributed by atoms with Crippen LogP contribution in [0.15, 0.2) is 47.7 Å². The summed E-state index contributed by atoms with van der Waals surface area (Å²) in [5.74, 6) is -0.204. The van der Waals surface area contributed by atoms with Crippen LogP contribution in [-0.4, -0.2) is 37.4 Å². The molecule has 0 saturated heterocycles. The lowest BCUT2D eigenvalue weighted by Crippen LogP contribution is -2.32. The Bertz CT molecular complexity index is 871. The van der Waals surface area contributed by atoms with Crippen molar-refractivity contribution in [2.24, 2.45) is 11.7 Å². The van der Waals surface area contributed by atoms with Crippen molar-refractivity contribution in [3.8, 4) is 5.75 Å². The summed E-state index contributed by atoms with van der Waals surface area (Å²) in [6.07, 6.45) is 12.6. The molecule has 1 heterocycles. The van der Waals surface area contributed by atoms with Crippen LogP contribution in [0.5, 0.6) is 5.75 Å². The fraction of sp³-hybridized carbons (Fsp3) is 0.520. The van der Waals surface area contributed by atoms with Gasteiger partial charge in [0, 0.05) is 42.0 Å². The monoisotopic (exact) mass is 423 g/mol. The lowest BCUT2D eigenvalue weighted by molar-refractivity contribution is -0.123. The molecule has 0 aromatic heterocycles. The Morgan fingerprint density at radius 3 is 2.87 bits per heavy atom. The molecule has 6 nitrogen and oxygen atoms in total. The quantitative estimate of drug-likeness (QED) is 0.626. The lowest BCUT2D eigenvalue weighted by atomic mass is 9.95. The van der Waals surface area contributed by atoms with Crippen molar-refractivity contribution in [3.63, 3.8) is 0 Å². The largest absolute Gasteiger partial charge is 0.493 e. The molecule has 3 N–H and O–H groups in total. The molecule has 0 bridgehead atoms. The highest BCUT2D eigenvalue weighted by atomic mass is 16.5. The number of hydrogen-bond donors (Lipinski definition) is 2. The van der Waals surface area contributed by atoms with E-state index in [4.69, 9.17) is 10.5 Å². The van der Waals surface area contributed by atoms with Crippen LogP contribution in [0.1, 0.15) is 51.4 Å². The van der Waals surface area contributed by atoms with Gasteiger partial charge in [-0.25, -0.2) is 0 Å². The third-order valence-corrected chi connectivity index (χ3v) is 6.50. The fourth-order valence-electron chi connectivity index (χ4n) is 4.85. The predicted molar refractivity (Wildman–Crippen MR) is 122 cm³/mol. The van der Waals surface area contributed by atoms with Crippen LogP contribution in [0, 0.1) is 5.92 Å². The van der Waals surface area contributed by atoms with Crippen LogP contribution >= 0.6 is 0 Å². The Kier molecular flexibility index (Phi) is 7.07. The first-order valence-electron chi connectivity index (χ1n) is 11.6. The number of anilines is 1. The van der Waals surface area contributed by atoms with E-state index < -0.39 is 11.8 Å². The topological polar surface area (TPSA) is 84.7 Å². The van der Waals surface area contributed by atoms with Crippen molar-refractivity contribution < 1.29 is 14.3 Å². The minimum absolute atomic E-state index is 0.0178. The van der Waals surface area contributed by atoms with E-state index in [1.54, 1.807) is 0 Å². The molecule has 0 radical (unpaired) electrons. The van der Waals surface area contributed by atoms with Crippen LogP contribution in [0.4, 0.5) is 5.69 Å². The molecule has 1 fully saturated rings. The van der Waals surface area contributed by atoms with Gasteiger partial charge < -0.3 is 20.7 Å². The molecule has 1 aromatic carbocycles. The zero-order chi connectivity index (χ0) is 21.6. The number of allylic oxidation sites excluding steroid dienone is 2. The van der Waals surface area contributed by atoms with Crippen molar-refractivity contribution in [3.05, 3.63) is 47.7 Å². The van der Waals surface area contributed by atoms with Crippen molar-refractivity contribution >= 4 is 17.4 Å². The maximum atomic E-state index is 12.6. The SMILES string of the molecule is NC(=O)C1CN(c2cccc(OCCCNC3CCCCC3)c2)C2=C1C(=O)CCC=C2. The molecule has 1 unspecified atom stereocenters. The Morgan fingerprint density at radius 1 is 1.23 bits per heavy atom. The average molecular weight is 424 g/mol. The summed E-state index contributed by atoms with van der Waals surface area (Å²) in [6.45, 7) is 2.02. The number of amides is 1. The fourth-order valence-corrected chi connectivity index (χ4v) is 4.85. The van der Waals surface area contributed by atoms with E-state index in [1.165, 1.54) is 32.1 Å². The molecule has 4 rings (SSSR count). The van der Waals surface area contributed by atoms with Crippen LogP contribution in [0.25, 0.3) is 0 Å². The molecular weight excluding hydrogens is 390 g/mol. The molecule has 0 spiro atoms. The van der Waals surface area contributed by atoms with Gasteiger partial charge in [-0.1, -0.05) is 31.4 Å². The van der Waals surface area contributed by atoms with E-state index in [2.05, 4.69) is 5.32 Å². The second kappa shape index (κ2) is 10.1. The smallest absolute Gasteiger partial charge is 0.226 e. The number of carbonyl (C=O) groups excluding carboxylic acids is 2. The van der Waals surface area contributed by atoms with Crippen LogP contribution in [0.2, 0.25) is 0 Å². The summed E-state index contributed by atoms with van der Waals surface area (Å²) in [4.78, 5) is 26.7. The first-order valence-corrected chi connectivity index (χ1v) is 11.6. The van der Waals surface area contributed by atoms with Crippen LogP contribution in [-0.2, 0) is 9.59 Å². The molecule has 1 aliphatic heterocycles. The number of nitrogens with zero attached hydrogens (tertiary/aromatic N) is 1. The summed E-state index contributed by atoms with van der Waals surface area (Å²) >= 11 is 0. The number of benzene rings is 1. The van der Waals surface area contributed by atoms with Gasteiger partial charge in [-0.05, 0) is 50.4 Å². The van der Waals surface area contributed by atoms with Gasteiger partial charge in [0.15, 0.2) is 5.78 Å². The lowest BCUT2D eigenvalue weighted by Gasteiger charge is -2.23. The Labute approximate surface area is 184 Å². The number of hydrogen-bond acceptors (Lipinski definition) is 5. The van der Waals surface area contributed by atoms with Gasteiger partial charge in [0.05, 0.1) is 12.5 Å². The Hall–Kier alpha value is -2.60. The minimum atomic E-state index is -0.569. The third kappa shape index (κ3) is 5.18. The summed E-state index contributed by atoms with van der Waals surface area (Å²) < 4.78 is 5.99. The van der Waals surface area contributed by atoms with Crippen molar-refractivity contribution in [1.82, 2.24) is 5.32 Å². The molecule has 1 amide bonds. The highest BCUT2D eigenvalue weighted by molar-refractivity contribution is 6.04. The number of ketones is 1. The minimum Gasteiger partial charge on any atom is -0.493 e. The molecule has 166 valence electrons. The number of ether oxygens (including phenoxy) is 1. The van der Waals surface area contributed by atoms with E-state index in [0.717, 1.165) is 30.1 Å². The number of nitrogens with one attached hydrogen (secondary N) is 1. The van der Waals surface area contributed by atoms with Gasteiger partial charge in [0.2, 0.25) is 5.91 Å². The Balaban J connectivity index is 1.38. The summed E-state index contributed by atoms with van der Waals surface area (Å²) in [7, 11) is 0. The number of rotatable bonds is 8. The Morgan fingerprint density at radius 2 is 2.06 bits per heavy atom. The standard InChI is InChI=1S/C25H33N3O3/c26-25(30)21-17-28(22-12-4-5-13-23(29)24(21)22)19-10-6-11-20(16-19)31-15-7-14-27-18-8-2-1-3-9-18/h4,6,10-12,16,18,21,27H,1-3,5,7-9,13-15,17H2,(H2,26,30). The third-order valence-electron chi connectivity index (χ3n) is 6.50.